The Kier molecular flexibility index (Phi) is 4.47. The topological polar surface area (TPSA) is 73.6 Å². The molecule has 0 aliphatic carbocycles. The minimum absolute atomic E-state index is 0.211. The third-order valence-electron chi connectivity index (χ3n) is 3.46. The van der Waals surface area contributed by atoms with Gasteiger partial charge in [-0.05, 0) is 36.4 Å². The van der Waals surface area contributed by atoms with Crippen LogP contribution in [0.4, 0.5) is 5.69 Å². The second kappa shape index (κ2) is 6.87. The fraction of sp³-hybridized carbons (Fsp3) is 0.111. The number of ether oxygens (including phenoxy) is 2. The van der Waals surface area contributed by atoms with Gasteiger partial charge in [0.2, 0.25) is 0 Å². The first kappa shape index (κ1) is 15.6. The molecule has 6 nitrogen and oxygen atoms in total. The summed E-state index contributed by atoms with van der Waals surface area (Å²) >= 11 is 0. The first-order valence-corrected chi connectivity index (χ1v) is 7.24. The van der Waals surface area contributed by atoms with Gasteiger partial charge in [-0.25, -0.2) is 4.98 Å². The van der Waals surface area contributed by atoms with Crippen LogP contribution in [0.5, 0.6) is 11.5 Å². The number of amides is 1. The van der Waals surface area contributed by atoms with Crippen molar-refractivity contribution in [2.45, 2.75) is 0 Å². The predicted octanol–water partition coefficient (Wildman–Crippen LogP) is 3.61. The van der Waals surface area contributed by atoms with Gasteiger partial charge in [0.1, 0.15) is 11.5 Å². The highest BCUT2D eigenvalue weighted by Crippen LogP contribution is 2.26. The highest BCUT2D eigenvalue weighted by Gasteiger charge is 2.18. The molecule has 0 saturated heterocycles. The summed E-state index contributed by atoms with van der Waals surface area (Å²) in [6.07, 6.45) is 1.25. The first-order chi connectivity index (χ1) is 11.7. The molecular formula is C18H16N2O4. The van der Waals surface area contributed by atoms with Crippen molar-refractivity contribution in [2.24, 2.45) is 0 Å². The van der Waals surface area contributed by atoms with Gasteiger partial charge in [-0.15, -0.1) is 0 Å². The highest BCUT2D eigenvalue weighted by molar-refractivity contribution is 6.06. The van der Waals surface area contributed by atoms with Crippen LogP contribution in [0.3, 0.4) is 0 Å². The number of rotatable bonds is 5. The van der Waals surface area contributed by atoms with E-state index in [2.05, 4.69) is 10.3 Å². The second-order valence-electron chi connectivity index (χ2n) is 4.94. The number of oxazole rings is 1. The minimum Gasteiger partial charge on any atom is -0.497 e. The monoisotopic (exact) mass is 324 g/mol. The van der Waals surface area contributed by atoms with Gasteiger partial charge >= 0.3 is 0 Å². The van der Waals surface area contributed by atoms with Gasteiger partial charge < -0.3 is 19.2 Å². The Morgan fingerprint density at radius 3 is 2.50 bits per heavy atom. The molecule has 1 N–H and O–H groups in total. The van der Waals surface area contributed by atoms with E-state index in [0.29, 0.717) is 17.2 Å². The summed E-state index contributed by atoms with van der Waals surface area (Å²) in [5.74, 6) is 1.42. The number of anilines is 1. The van der Waals surface area contributed by atoms with Crippen molar-refractivity contribution in [3.63, 3.8) is 0 Å². The van der Waals surface area contributed by atoms with Crippen LogP contribution in [0.1, 0.15) is 10.5 Å². The number of methoxy groups -OCH3 is 2. The molecule has 0 aliphatic rings. The summed E-state index contributed by atoms with van der Waals surface area (Å²) in [5, 5.41) is 2.79. The standard InChI is InChI=1S/C18H16N2O4/c1-22-14-8-6-12(7-9-14)17-16(19-11-24-17)18(21)20-13-4-3-5-15(10-13)23-2/h3-11H,1-2H3,(H,20,21). The molecule has 1 aromatic heterocycles. The molecule has 0 bridgehead atoms. The minimum atomic E-state index is -0.358. The van der Waals surface area contributed by atoms with Crippen molar-refractivity contribution in [3.05, 3.63) is 60.6 Å². The SMILES string of the molecule is COc1ccc(-c2ocnc2C(=O)Nc2cccc(OC)c2)cc1. The van der Waals surface area contributed by atoms with Crippen molar-refractivity contribution in [1.82, 2.24) is 4.98 Å². The summed E-state index contributed by atoms with van der Waals surface area (Å²) in [4.78, 5) is 16.5. The van der Waals surface area contributed by atoms with Crippen molar-refractivity contribution >= 4 is 11.6 Å². The molecule has 2 aromatic carbocycles. The highest BCUT2D eigenvalue weighted by atomic mass is 16.5. The Morgan fingerprint density at radius 1 is 1.04 bits per heavy atom. The van der Waals surface area contributed by atoms with Crippen molar-refractivity contribution in [3.8, 4) is 22.8 Å². The van der Waals surface area contributed by atoms with E-state index in [1.54, 1.807) is 50.6 Å². The summed E-state index contributed by atoms with van der Waals surface area (Å²) in [6, 6.07) is 14.3. The number of carbonyl (C=O) groups excluding carboxylic acids is 1. The van der Waals surface area contributed by atoms with Gasteiger partial charge in [0.05, 0.1) is 14.2 Å². The van der Waals surface area contributed by atoms with Gasteiger partial charge in [0.15, 0.2) is 17.8 Å². The fourth-order valence-corrected chi connectivity index (χ4v) is 2.25. The lowest BCUT2D eigenvalue weighted by Gasteiger charge is -2.07. The zero-order chi connectivity index (χ0) is 16.9. The van der Waals surface area contributed by atoms with Crippen LogP contribution < -0.4 is 14.8 Å². The van der Waals surface area contributed by atoms with E-state index in [9.17, 15) is 4.79 Å². The molecule has 1 amide bonds. The van der Waals surface area contributed by atoms with Gasteiger partial charge in [-0.2, -0.15) is 0 Å². The Hall–Kier alpha value is -3.28. The van der Waals surface area contributed by atoms with E-state index < -0.39 is 0 Å². The Bertz CT molecular complexity index is 840. The number of hydrogen-bond donors (Lipinski definition) is 1. The molecule has 122 valence electrons. The van der Waals surface area contributed by atoms with Crippen LogP contribution in [-0.4, -0.2) is 25.1 Å². The molecule has 0 spiro atoms. The number of benzene rings is 2. The largest absolute Gasteiger partial charge is 0.497 e. The lowest BCUT2D eigenvalue weighted by atomic mass is 10.1. The number of hydrogen-bond acceptors (Lipinski definition) is 5. The van der Waals surface area contributed by atoms with E-state index in [4.69, 9.17) is 13.9 Å². The molecule has 24 heavy (non-hydrogen) atoms. The average Bonchev–Trinajstić information content (AvgIpc) is 3.12. The van der Waals surface area contributed by atoms with E-state index >= 15 is 0 Å². The van der Waals surface area contributed by atoms with Crippen molar-refractivity contribution < 1.29 is 18.7 Å². The Balaban J connectivity index is 1.84. The molecular weight excluding hydrogens is 308 g/mol. The first-order valence-electron chi connectivity index (χ1n) is 7.24. The van der Waals surface area contributed by atoms with Gasteiger partial charge in [-0.1, -0.05) is 6.07 Å². The molecule has 6 heteroatoms. The third-order valence-corrected chi connectivity index (χ3v) is 3.46. The smallest absolute Gasteiger partial charge is 0.278 e. The second-order valence-corrected chi connectivity index (χ2v) is 4.94. The van der Waals surface area contributed by atoms with Crippen LogP contribution in [-0.2, 0) is 0 Å². The normalized spacial score (nSPS) is 10.2. The summed E-state index contributed by atoms with van der Waals surface area (Å²) in [6.45, 7) is 0. The van der Waals surface area contributed by atoms with Crippen LogP contribution in [0, 0.1) is 0 Å². The zero-order valence-electron chi connectivity index (χ0n) is 13.3. The maximum atomic E-state index is 12.5. The molecule has 0 fully saturated rings. The van der Waals surface area contributed by atoms with Crippen molar-refractivity contribution in [1.29, 1.82) is 0 Å². The van der Waals surface area contributed by atoms with Crippen LogP contribution in [0.25, 0.3) is 11.3 Å². The van der Waals surface area contributed by atoms with Crippen LogP contribution >= 0.6 is 0 Å². The summed E-state index contributed by atoms with van der Waals surface area (Å²) in [5.41, 5.74) is 1.56. The number of nitrogens with one attached hydrogen (secondary N) is 1. The fourth-order valence-electron chi connectivity index (χ4n) is 2.25. The van der Waals surface area contributed by atoms with Gasteiger partial charge in [0.25, 0.3) is 5.91 Å². The van der Waals surface area contributed by atoms with E-state index in [1.165, 1.54) is 6.39 Å². The lowest BCUT2D eigenvalue weighted by molar-refractivity contribution is 0.102. The molecule has 0 aliphatic heterocycles. The van der Waals surface area contributed by atoms with Crippen LogP contribution in [0.15, 0.2) is 59.3 Å². The lowest BCUT2D eigenvalue weighted by Crippen LogP contribution is -2.13. The molecule has 1 heterocycles. The maximum Gasteiger partial charge on any atom is 0.278 e. The Labute approximate surface area is 139 Å². The average molecular weight is 324 g/mol. The molecule has 0 atom stereocenters. The van der Waals surface area contributed by atoms with E-state index in [1.807, 2.05) is 12.1 Å². The van der Waals surface area contributed by atoms with E-state index in [-0.39, 0.29) is 11.6 Å². The molecule has 0 saturated carbocycles. The molecule has 0 radical (unpaired) electrons. The van der Waals surface area contributed by atoms with Gasteiger partial charge in [-0.3, -0.25) is 4.79 Å². The number of carbonyl (C=O) groups is 1. The summed E-state index contributed by atoms with van der Waals surface area (Å²) < 4.78 is 15.7. The predicted molar refractivity (Wildman–Crippen MR) is 89.4 cm³/mol. The third kappa shape index (κ3) is 3.22. The summed E-state index contributed by atoms with van der Waals surface area (Å²) in [7, 11) is 3.16. The van der Waals surface area contributed by atoms with E-state index in [0.717, 1.165) is 11.3 Å². The number of nitrogens with zero attached hydrogens (tertiary/aromatic N) is 1. The molecule has 0 unspecified atom stereocenters. The zero-order valence-corrected chi connectivity index (χ0v) is 13.3. The van der Waals surface area contributed by atoms with Crippen LogP contribution in [0.2, 0.25) is 0 Å². The maximum absolute atomic E-state index is 12.5. The Morgan fingerprint density at radius 2 is 1.79 bits per heavy atom. The molecule has 3 aromatic rings. The molecule has 3 rings (SSSR count). The quantitative estimate of drug-likeness (QED) is 0.776. The van der Waals surface area contributed by atoms with Gasteiger partial charge in [0, 0.05) is 17.3 Å². The van der Waals surface area contributed by atoms with Crippen molar-refractivity contribution in [2.75, 3.05) is 19.5 Å². The number of aromatic nitrogens is 1.